The molecule has 102 valence electrons. The Bertz CT molecular complexity index is 406. The van der Waals surface area contributed by atoms with E-state index in [1.165, 1.54) is 0 Å². The van der Waals surface area contributed by atoms with Crippen molar-refractivity contribution in [1.29, 1.82) is 0 Å². The van der Waals surface area contributed by atoms with Crippen molar-refractivity contribution in [3.63, 3.8) is 0 Å². The van der Waals surface area contributed by atoms with Crippen LogP contribution in [0.5, 0.6) is 0 Å². The molecule has 0 heterocycles. The Morgan fingerprint density at radius 1 is 1.56 bits per heavy atom. The van der Waals surface area contributed by atoms with Gasteiger partial charge in [0.15, 0.2) is 0 Å². The molecule has 3 nitrogen and oxygen atoms in total. The molecule has 0 saturated carbocycles. The number of nitrogens with one attached hydrogen (secondary N) is 1. The number of halogens is 3. The minimum atomic E-state index is -0.446. The van der Waals surface area contributed by atoms with Gasteiger partial charge in [0.05, 0.1) is 5.02 Å². The first-order valence-corrected chi connectivity index (χ1v) is 6.76. The van der Waals surface area contributed by atoms with Crippen molar-refractivity contribution in [2.24, 2.45) is 11.8 Å². The number of rotatable bonds is 6. The Kier molecular flexibility index (Phi) is 6.52. The van der Waals surface area contributed by atoms with Crippen LogP contribution in [0.3, 0.4) is 0 Å². The standard InChI is InChI=1S/C12H17BrClFN2O/c1-7(6-18-2)5-10(17-16)8-3-4-9(13)11(14)12(8)15/h3-4,7,10,17H,5-6,16H2,1-2H3. The lowest BCUT2D eigenvalue weighted by molar-refractivity contribution is 0.149. The molecule has 0 saturated heterocycles. The topological polar surface area (TPSA) is 47.3 Å². The molecule has 18 heavy (non-hydrogen) atoms. The lowest BCUT2D eigenvalue weighted by Gasteiger charge is -2.21. The molecule has 1 rings (SSSR count). The van der Waals surface area contributed by atoms with Crippen LogP contribution in [0.25, 0.3) is 0 Å². The van der Waals surface area contributed by atoms with E-state index in [1.807, 2.05) is 6.92 Å². The molecule has 0 fully saturated rings. The molecule has 1 aromatic rings. The summed E-state index contributed by atoms with van der Waals surface area (Å²) < 4.78 is 19.6. The number of nitrogens with two attached hydrogens (primary N) is 1. The maximum Gasteiger partial charge on any atom is 0.147 e. The molecular formula is C12H17BrClFN2O. The van der Waals surface area contributed by atoms with E-state index in [1.54, 1.807) is 19.2 Å². The Hall–Kier alpha value is -0.200. The largest absolute Gasteiger partial charge is 0.384 e. The molecule has 0 radical (unpaired) electrons. The second-order valence-corrected chi connectivity index (χ2v) is 5.51. The molecule has 6 heteroatoms. The molecule has 0 bridgehead atoms. The van der Waals surface area contributed by atoms with Gasteiger partial charge in [-0.25, -0.2) is 4.39 Å². The molecule has 1 aromatic carbocycles. The summed E-state index contributed by atoms with van der Waals surface area (Å²) in [6, 6.07) is 3.10. The second-order valence-electron chi connectivity index (χ2n) is 4.28. The van der Waals surface area contributed by atoms with Crippen LogP contribution in [0.2, 0.25) is 5.02 Å². The molecule has 0 aliphatic heterocycles. The summed E-state index contributed by atoms with van der Waals surface area (Å²) in [5.41, 5.74) is 3.09. The number of benzene rings is 1. The summed E-state index contributed by atoms with van der Waals surface area (Å²) in [7, 11) is 1.64. The summed E-state index contributed by atoms with van der Waals surface area (Å²) in [4.78, 5) is 0. The lowest BCUT2D eigenvalue weighted by Crippen LogP contribution is -2.30. The van der Waals surface area contributed by atoms with Gasteiger partial charge in [0.2, 0.25) is 0 Å². The summed E-state index contributed by atoms with van der Waals surface area (Å²) in [6.45, 7) is 2.62. The Balaban J connectivity index is 2.92. The maximum absolute atomic E-state index is 14.0. The van der Waals surface area contributed by atoms with E-state index in [-0.39, 0.29) is 17.0 Å². The van der Waals surface area contributed by atoms with E-state index in [4.69, 9.17) is 22.2 Å². The predicted molar refractivity (Wildman–Crippen MR) is 74.8 cm³/mol. The van der Waals surface area contributed by atoms with Crippen LogP contribution in [0.1, 0.15) is 24.9 Å². The molecule has 0 amide bonds. The predicted octanol–water partition coefficient (Wildman–Crippen LogP) is 3.42. The minimum Gasteiger partial charge on any atom is -0.384 e. The summed E-state index contributed by atoms with van der Waals surface area (Å²) in [5.74, 6) is 5.31. The van der Waals surface area contributed by atoms with Gasteiger partial charge in [-0.1, -0.05) is 24.6 Å². The van der Waals surface area contributed by atoms with Gasteiger partial charge in [-0.05, 0) is 34.3 Å². The van der Waals surface area contributed by atoms with Gasteiger partial charge in [0, 0.05) is 29.8 Å². The molecular weight excluding hydrogens is 322 g/mol. The Labute approximate surface area is 120 Å². The van der Waals surface area contributed by atoms with E-state index in [9.17, 15) is 4.39 Å². The van der Waals surface area contributed by atoms with E-state index in [0.29, 0.717) is 23.1 Å². The van der Waals surface area contributed by atoms with Crippen molar-refractivity contribution in [2.45, 2.75) is 19.4 Å². The lowest BCUT2D eigenvalue weighted by atomic mass is 9.96. The van der Waals surface area contributed by atoms with Gasteiger partial charge in [-0.15, -0.1) is 0 Å². The van der Waals surface area contributed by atoms with Gasteiger partial charge in [0.25, 0.3) is 0 Å². The first-order valence-electron chi connectivity index (χ1n) is 5.59. The fraction of sp³-hybridized carbons (Fsp3) is 0.500. The average Bonchev–Trinajstić information content (AvgIpc) is 2.34. The first kappa shape index (κ1) is 15.9. The van der Waals surface area contributed by atoms with E-state index in [2.05, 4.69) is 21.4 Å². The van der Waals surface area contributed by atoms with Crippen LogP contribution in [-0.4, -0.2) is 13.7 Å². The fourth-order valence-electron chi connectivity index (χ4n) is 1.85. The molecule has 2 atom stereocenters. The van der Waals surface area contributed by atoms with Crippen LogP contribution in [0, 0.1) is 11.7 Å². The Morgan fingerprint density at radius 2 is 2.22 bits per heavy atom. The SMILES string of the molecule is COCC(C)CC(NN)c1ccc(Br)c(Cl)c1F. The van der Waals surface area contributed by atoms with Crippen molar-refractivity contribution < 1.29 is 9.13 Å². The molecule has 0 aliphatic rings. The number of ether oxygens (including phenoxy) is 1. The van der Waals surface area contributed by atoms with Crippen molar-refractivity contribution in [3.05, 3.63) is 33.0 Å². The summed E-state index contributed by atoms with van der Waals surface area (Å²) >= 11 is 9.05. The van der Waals surface area contributed by atoms with Gasteiger partial charge in [-0.3, -0.25) is 11.3 Å². The van der Waals surface area contributed by atoms with Crippen molar-refractivity contribution in [2.75, 3.05) is 13.7 Å². The molecule has 0 aromatic heterocycles. The maximum atomic E-state index is 14.0. The van der Waals surface area contributed by atoms with Crippen LogP contribution >= 0.6 is 27.5 Å². The molecule has 0 aliphatic carbocycles. The number of methoxy groups -OCH3 is 1. The van der Waals surface area contributed by atoms with E-state index < -0.39 is 5.82 Å². The van der Waals surface area contributed by atoms with Crippen LogP contribution in [-0.2, 0) is 4.74 Å². The van der Waals surface area contributed by atoms with Gasteiger partial charge >= 0.3 is 0 Å². The number of hydrogen-bond donors (Lipinski definition) is 2. The second kappa shape index (κ2) is 7.40. The highest BCUT2D eigenvalue weighted by atomic mass is 79.9. The van der Waals surface area contributed by atoms with E-state index >= 15 is 0 Å². The highest BCUT2D eigenvalue weighted by molar-refractivity contribution is 9.10. The Morgan fingerprint density at radius 3 is 2.78 bits per heavy atom. The average molecular weight is 340 g/mol. The first-order chi connectivity index (χ1) is 8.51. The molecule has 2 unspecified atom stereocenters. The van der Waals surface area contributed by atoms with Crippen LogP contribution in [0.4, 0.5) is 4.39 Å². The van der Waals surface area contributed by atoms with Gasteiger partial charge < -0.3 is 4.74 Å². The van der Waals surface area contributed by atoms with Crippen molar-refractivity contribution >= 4 is 27.5 Å². The molecule has 3 N–H and O–H groups in total. The third-order valence-corrected chi connectivity index (χ3v) is 3.99. The zero-order valence-electron chi connectivity index (χ0n) is 10.3. The normalized spacial score (nSPS) is 14.6. The summed E-state index contributed by atoms with van der Waals surface area (Å²) in [5, 5.41) is 0.0761. The smallest absolute Gasteiger partial charge is 0.147 e. The zero-order chi connectivity index (χ0) is 13.7. The van der Waals surface area contributed by atoms with Crippen molar-refractivity contribution in [3.8, 4) is 0 Å². The monoisotopic (exact) mass is 338 g/mol. The highest BCUT2D eigenvalue weighted by Crippen LogP contribution is 2.32. The van der Waals surface area contributed by atoms with E-state index in [0.717, 1.165) is 0 Å². The zero-order valence-corrected chi connectivity index (χ0v) is 12.7. The highest BCUT2D eigenvalue weighted by Gasteiger charge is 2.20. The molecule has 0 spiro atoms. The van der Waals surface area contributed by atoms with Crippen molar-refractivity contribution in [1.82, 2.24) is 5.43 Å². The quantitative estimate of drug-likeness (QED) is 0.474. The van der Waals surface area contributed by atoms with Gasteiger partial charge in [-0.2, -0.15) is 0 Å². The van der Waals surface area contributed by atoms with Crippen LogP contribution in [0.15, 0.2) is 16.6 Å². The third kappa shape index (κ3) is 3.90. The summed E-state index contributed by atoms with van der Waals surface area (Å²) in [6.07, 6.45) is 0.666. The third-order valence-electron chi connectivity index (χ3n) is 2.73. The number of hydrazine groups is 1. The van der Waals surface area contributed by atoms with Gasteiger partial charge in [0.1, 0.15) is 5.82 Å². The fourth-order valence-corrected chi connectivity index (χ4v) is 2.33. The minimum absolute atomic E-state index is 0.0761. The van der Waals surface area contributed by atoms with Crippen LogP contribution < -0.4 is 11.3 Å². The number of hydrogen-bond acceptors (Lipinski definition) is 3.